The SMILES string of the molecule is O=C(CCc1nc2ccccc2o1)NCc1ccc(S(=O)(=O)N2CCOCC2)cc1. The number of rotatable bonds is 7. The van der Waals surface area contributed by atoms with Crippen molar-refractivity contribution in [3.63, 3.8) is 0 Å². The van der Waals surface area contributed by atoms with Crippen LogP contribution in [0.25, 0.3) is 11.1 Å². The van der Waals surface area contributed by atoms with E-state index in [0.29, 0.717) is 50.7 Å². The standard InChI is InChI=1S/C21H23N3O5S/c25-20(9-10-21-23-18-3-1-2-4-19(18)29-21)22-15-16-5-7-17(8-6-16)30(26,27)24-11-13-28-14-12-24/h1-8H,9-15H2,(H,22,25). The maximum absolute atomic E-state index is 12.6. The van der Waals surface area contributed by atoms with Gasteiger partial charge in [0.2, 0.25) is 15.9 Å². The quantitative estimate of drug-likeness (QED) is 0.617. The van der Waals surface area contributed by atoms with E-state index in [4.69, 9.17) is 9.15 Å². The average molecular weight is 429 g/mol. The third-order valence-electron chi connectivity index (χ3n) is 4.92. The maximum Gasteiger partial charge on any atom is 0.243 e. The lowest BCUT2D eigenvalue weighted by Gasteiger charge is -2.26. The first-order valence-corrected chi connectivity index (χ1v) is 11.2. The Morgan fingerprint density at radius 3 is 2.53 bits per heavy atom. The Hall–Kier alpha value is -2.75. The molecule has 1 aromatic heterocycles. The number of oxazole rings is 1. The van der Waals surface area contributed by atoms with E-state index in [1.54, 1.807) is 24.3 Å². The minimum absolute atomic E-state index is 0.123. The van der Waals surface area contributed by atoms with Gasteiger partial charge in [0, 0.05) is 32.5 Å². The molecule has 1 aliphatic heterocycles. The molecule has 1 saturated heterocycles. The van der Waals surface area contributed by atoms with Gasteiger partial charge in [-0.25, -0.2) is 13.4 Å². The third kappa shape index (κ3) is 4.69. The van der Waals surface area contributed by atoms with Gasteiger partial charge in [0.1, 0.15) is 5.52 Å². The largest absolute Gasteiger partial charge is 0.441 e. The number of carbonyl (C=O) groups excluding carboxylic acids is 1. The number of carbonyl (C=O) groups is 1. The number of nitrogens with one attached hydrogen (secondary N) is 1. The summed E-state index contributed by atoms with van der Waals surface area (Å²) in [7, 11) is -3.51. The molecule has 1 N–H and O–H groups in total. The smallest absolute Gasteiger partial charge is 0.243 e. The van der Waals surface area contributed by atoms with E-state index in [1.807, 2.05) is 24.3 Å². The highest BCUT2D eigenvalue weighted by atomic mass is 32.2. The highest BCUT2D eigenvalue weighted by molar-refractivity contribution is 7.89. The van der Waals surface area contributed by atoms with Crippen molar-refractivity contribution in [3.05, 3.63) is 60.0 Å². The number of fused-ring (bicyclic) bond motifs is 1. The molecule has 0 saturated carbocycles. The average Bonchev–Trinajstić information content (AvgIpc) is 3.20. The van der Waals surface area contributed by atoms with E-state index < -0.39 is 10.0 Å². The van der Waals surface area contributed by atoms with E-state index >= 15 is 0 Å². The lowest BCUT2D eigenvalue weighted by molar-refractivity contribution is -0.121. The summed E-state index contributed by atoms with van der Waals surface area (Å²) in [5.41, 5.74) is 2.31. The molecular formula is C21H23N3O5S. The first kappa shape index (κ1) is 20.5. The van der Waals surface area contributed by atoms with Crippen LogP contribution < -0.4 is 5.32 Å². The number of ether oxygens (including phenoxy) is 1. The second-order valence-electron chi connectivity index (χ2n) is 7.01. The number of aryl methyl sites for hydroxylation is 1. The molecule has 9 heteroatoms. The van der Waals surface area contributed by atoms with Crippen LogP contribution in [0.15, 0.2) is 57.8 Å². The number of aromatic nitrogens is 1. The lowest BCUT2D eigenvalue weighted by atomic mass is 10.2. The third-order valence-corrected chi connectivity index (χ3v) is 6.84. The molecule has 0 unspecified atom stereocenters. The number of hydrogen-bond donors (Lipinski definition) is 1. The van der Waals surface area contributed by atoms with Gasteiger partial charge in [-0.15, -0.1) is 0 Å². The van der Waals surface area contributed by atoms with Gasteiger partial charge in [0.15, 0.2) is 11.5 Å². The molecule has 0 bridgehead atoms. The van der Waals surface area contributed by atoms with Gasteiger partial charge in [-0.05, 0) is 29.8 Å². The fourth-order valence-electron chi connectivity index (χ4n) is 3.25. The monoisotopic (exact) mass is 429 g/mol. The van der Waals surface area contributed by atoms with Gasteiger partial charge in [-0.2, -0.15) is 4.31 Å². The highest BCUT2D eigenvalue weighted by Crippen LogP contribution is 2.18. The minimum atomic E-state index is -3.51. The molecule has 3 aromatic rings. The fraction of sp³-hybridized carbons (Fsp3) is 0.333. The lowest BCUT2D eigenvalue weighted by Crippen LogP contribution is -2.40. The summed E-state index contributed by atoms with van der Waals surface area (Å²) in [6, 6.07) is 14.1. The Balaban J connectivity index is 1.28. The second kappa shape index (κ2) is 8.95. The van der Waals surface area contributed by atoms with E-state index in [2.05, 4.69) is 10.3 Å². The summed E-state index contributed by atoms with van der Waals surface area (Å²) in [6.07, 6.45) is 0.674. The Kier molecular flexibility index (Phi) is 6.12. The van der Waals surface area contributed by atoms with Gasteiger partial charge >= 0.3 is 0 Å². The number of amides is 1. The molecular weight excluding hydrogens is 406 g/mol. The Morgan fingerprint density at radius 2 is 1.80 bits per heavy atom. The molecule has 1 aliphatic rings. The van der Waals surface area contributed by atoms with Crippen LogP contribution in [-0.2, 0) is 32.5 Å². The van der Waals surface area contributed by atoms with Gasteiger partial charge in [-0.1, -0.05) is 24.3 Å². The molecule has 0 aliphatic carbocycles. The summed E-state index contributed by atoms with van der Waals surface area (Å²) in [6.45, 7) is 1.87. The van der Waals surface area contributed by atoms with Crippen molar-refractivity contribution in [2.45, 2.75) is 24.3 Å². The van der Waals surface area contributed by atoms with Crippen molar-refractivity contribution in [1.82, 2.24) is 14.6 Å². The van der Waals surface area contributed by atoms with Crippen molar-refractivity contribution < 1.29 is 22.4 Å². The number of nitrogens with zero attached hydrogens (tertiary/aromatic N) is 2. The van der Waals surface area contributed by atoms with Crippen LogP contribution in [0.4, 0.5) is 0 Å². The van der Waals surface area contributed by atoms with Crippen LogP contribution in [0, 0.1) is 0 Å². The topological polar surface area (TPSA) is 102 Å². The van der Waals surface area contributed by atoms with Crippen molar-refractivity contribution in [1.29, 1.82) is 0 Å². The molecule has 0 atom stereocenters. The van der Waals surface area contributed by atoms with E-state index in [-0.39, 0.29) is 17.2 Å². The van der Waals surface area contributed by atoms with Gasteiger partial charge in [0.25, 0.3) is 0 Å². The molecule has 158 valence electrons. The van der Waals surface area contributed by atoms with Crippen LogP contribution in [-0.4, -0.2) is 49.9 Å². The van der Waals surface area contributed by atoms with Crippen LogP contribution in [0.3, 0.4) is 0 Å². The molecule has 1 amide bonds. The molecule has 8 nitrogen and oxygen atoms in total. The summed E-state index contributed by atoms with van der Waals surface area (Å²) in [5.74, 6) is 0.409. The van der Waals surface area contributed by atoms with Crippen molar-refractivity contribution in [2.24, 2.45) is 0 Å². The minimum Gasteiger partial charge on any atom is -0.441 e. The van der Waals surface area contributed by atoms with E-state index in [1.165, 1.54) is 4.31 Å². The summed E-state index contributed by atoms with van der Waals surface area (Å²) in [5, 5.41) is 2.84. The molecule has 1 fully saturated rings. The predicted octanol–water partition coefficient (Wildman–Crippen LogP) is 2.10. The molecule has 0 spiro atoms. The zero-order valence-electron chi connectivity index (χ0n) is 16.4. The Bertz CT molecular complexity index is 1090. The van der Waals surface area contributed by atoms with Crippen LogP contribution >= 0.6 is 0 Å². The zero-order chi connectivity index (χ0) is 21.0. The maximum atomic E-state index is 12.6. The first-order chi connectivity index (χ1) is 14.5. The number of para-hydroxylation sites is 2. The molecule has 2 heterocycles. The summed E-state index contributed by atoms with van der Waals surface area (Å²) in [4.78, 5) is 16.7. The van der Waals surface area contributed by atoms with Crippen LogP contribution in [0.2, 0.25) is 0 Å². The van der Waals surface area contributed by atoms with Gasteiger partial charge in [0.05, 0.1) is 18.1 Å². The normalized spacial score (nSPS) is 15.3. The van der Waals surface area contributed by atoms with Crippen LogP contribution in [0.1, 0.15) is 17.9 Å². The van der Waals surface area contributed by atoms with Crippen LogP contribution in [0.5, 0.6) is 0 Å². The summed E-state index contributed by atoms with van der Waals surface area (Å²) < 4.78 is 37.5. The molecule has 30 heavy (non-hydrogen) atoms. The van der Waals surface area contributed by atoms with E-state index in [9.17, 15) is 13.2 Å². The number of morpholine rings is 1. The Labute approximate surface area is 174 Å². The van der Waals surface area contributed by atoms with E-state index in [0.717, 1.165) is 11.1 Å². The molecule has 4 rings (SSSR count). The van der Waals surface area contributed by atoms with Gasteiger partial charge in [-0.3, -0.25) is 4.79 Å². The number of sulfonamides is 1. The Morgan fingerprint density at radius 1 is 1.07 bits per heavy atom. The highest BCUT2D eigenvalue weighted by Gasteiger charge is 2.26. The fourth-order valence-corrected chi connectivity index (χ4v) is 4.66. The number of hydrogen-bond acceptors (Lipinski definition) is 6. The van der Waals surface area contributed by atoms with Crippen molar-refractivity contribution in [2.75, 3.05) is 26.3 Å². The predicted molar refractivity (Wildman–Crippen MR) is 110 cm³/mol. The first-order valence-electron chi connectivity index (χ1n) is 9.80. The molecule has 0 radical (unpaired) electrons. The number of benzene rings is 2. The zero-order valence-corrected chi connectivity index (χ0v) is 17.2. The molecule has 2 aromatic carbocycles. The van der Waals surface area contributed by atoms with Crippen molar-refractivity contribution in [3.8, 4) is 0 Å². The summed E-state index contributed by atoms with van der Waals surface area (Å²) >= 11 is 0. The van der Waals surface area contributed by atoms with Crippen molar-refractivity contribution >= 4 is 27.0 Å². The van der Waals surface area contributed by atoms with Gasteiger partial charge < -0.3 is 14.5 Å². The second-order valence-corrected chi connectivity index (χ2v) is 8.95.